The van der Waals surface area contributed by atoms with E-state index in [-0.39, 0.29) is 0 Å². The van der Waals surface area contributed by atoms with Crippen LogP contribution in [0.2, 0.25) is 0 Å². The maximum atomic E-state index is 6.50. The van der Waals surface area contributed by atoms with Crippen LogP contribution >= 0.6 is 0 Å². The Hall–Kier alpha value is -3.31. The minimum absolute atomic E-state index is 0.294. The van der Waals surface area contributed by atoms with Crippen molar-refractivity contribution in [3.05, 3.63) is 54.5 Å². The molecule has 3 aliphatic rings. The van der Waals surface area contributed by atoms with Gasteiger partial charge in [-0.05, 0) is 62.3 Å². The van der Waals surface area contributed by atoms with Gasteiger partial charge in [-0.3, -0.25) is 9.58 Å². The summed E-state index contributed by atoms with van der Waals surface area (Å²) in [7, 11) is 0. The number of rotatable bonds is 7. The molecule has 7 rings (SSSR count). The highest BCUT2D eigenvalue weighted by Gasteiger charge is 2.30. The van der Waals surface area contributed by atoms with Gasteiger partial charge in [0.25, 0.3) is 0 Å². The van der Waals surface area contributed by atoms with E-state index in [9.17, 15) is 0 Å². The van der Waals surface area contributed by atoms with Crippen LogP contribution in [0, 0.1) is 0 Å². The van der Waals surface area contributed by atoms with Crippen LogP contribution in [0.5, 0.6) is 0 Å². The van der Waals surface area contributed by atoms with Crippen LogP contribution in [-0.4, -0.2) is 81.0 Å². The van der Waals surface area contributed by atoms with Crippen molar-refractivity contribution >= 4 is 11.3 Å². The molecular weight excluding hydrogens is 518 g/mol. The predicted octanol–water partition coefficient (Wildman–Crippen LogP) is 4.35. The first-order valence-corrected chi connectivity index (χ1v) is 15.0. The van der Waals surface area contributed by atoms with Crippen LogP contribution in [0.3, 0.4) is 0 Å². The summed E-state index contributed by atoms with van der Waals surface area (Å²) in [5.74, 6) is 0.461. The van der Waals surface area contributed by atoms with Crippen LogP contribution in [-0.2, 0) is 20.8 Å². The van der Waals surface area contributed by atoms with Crippen molar-refractivity contribution in [1.82, 2.24) is 29.3 Å². The molecule has 0 bridgehead atoms. The normalized spacial score (nSPS) is 19.8. The SMILES string of the molecule is Nc1ncnn2c(-c3cccc(CN(C4CCOCC4)C4CCOCC4)c3)cc(-c3ccnn3C3CCOCC3)c12. The predicted molar refractivity (Wildman–Crippen MR) is 156 cm³/mol. The minimum atomic E-state index is 0.294. The Morgan fingerprint density at radius 3 is 2.20 bits per heavy atom. The molecule has 3 aliphatic heterocycles. The van der Waals surface area contributed by atoms with E-state index < -0.39 is 0 Å². The third-order valence-corrected chi connectivity index (χ3v) is 8.97. The van der Waals surface area contributed by atoms with E-state index >= 15 is 0 Å². The lowest BCUT2D eigenvalue weighted by Crippen LogP contribution is -2.47. The lowest BCUT2D eigenvalue weighted by Gasteiger charge is -2.41. The average molecular weight is 558 g/mol. The number of nitrogens with zero attached hydrogens (tertiary/aromatic N) is 6. The van der Waals surface area contributed by atoms with E-state index in [1.165, 1.54) is 11.9 Å². The van der Waals surface area contributed by atoms with E-state index in [0.29, 0.717) is 23.9 Å². The molecule has 3 aromatic heterocycles. The molecule has 0 amide bonds. The average Bonchev–Trinajstić information content (AvgIpc) is 3.67. The summed E-state index contributed by atoms with van der Waals surface area (Å²) in [6, 6.07) is 14.5. The number of benzene rings is 1. The molecule has 0 unspecified atom stereocenters. The number of nitrogens with two attached hydrogens (primary N) is 1. The molecular formula is C31H39N7O3. The standard InChI is InChI=1S/C31H39N7O3/c32-31-30-27(28-4-11-34-37(28)26-9-16-41-17-10-26)19-29(38(30)35-21-33-31)23-3-1-2-22(18-23)20-36(24-5-12-39-13-6-24)25-7-14-40-15-8-25/h1-4,11,18-19,21,24-26H,5-10,12-17,20H2,(H2,32,33,35). The van der Waals surface area contributed by atoms with Crippen molar-refractivity contribution in [3.63, 3.8) is 0 Å². The highest BCUT2D eigenvalue weighted by Crippen LogP contribution is 2.37. The fourth-order valence-corrected chi connectivity index (χ4v) is 6.85. The molecule has 0 radical (unpaired) electrons. The number of ether oxygens (including phenoxy) is 3. The Kier molecular flexibility index (Phi) is 7.71. The number of fused-ring (bicyclic) bond motifs is 1. The van der Waals surface area contributed by atoms with Gasteiger partial charge in [-0.1, -0.05) is 18.2 Å². The summed E-state index contributed by atoms with van der Waals surface area (Å²) in [6.45, 7) is 5.78. The molecule has 0 saturated carbocycles. The van der Waals surface area contributed by atoms with E-state index in [4.69, 9.17) is 25.0 Å². The second-order valence-corrected chi connectivity index (χ2v) is 11.4. The van der Waals surface area contributed by atoms with Crippen LogP contribution in [0.1, 0.15) is 50.1 Å². The third-order valence-electron chi connectivity index (χ3n) is 8.97. The molecule has 4 aromatic rings. The van der Waals surface area contributed by atoms with Crippen LogP contribution < -0.4 is 5.73 Å². The first kappa shape index (κ1) is 26.6. The Balaban J connectivity index is 1.25. The minimum Gasteiger partial charge on any atom is -0.382 e. The Bertz CT molecular complexity index is 1450. The summed E-state index contributed by atoms with van der Waals surface area (Å²) in [4.78, 5) is 7.08. The van der Waals surface area contributed by atoms with Crippen molar-refractivity contribution in [2.45, 2.75) is 63.2 Å². The summed E-state index contributed by atoms with van der Waals surface area (Å²) < 4.78 is 21.1. The van der Waals surface area contributed by atoms with Gasteiger partial charge < -0.3 is 19.9 Å². The smallest absolute Gasteiger partial charge is 0.152 e. The molecule has 6 heterocycles. The van der Waals surface area contributed by atoms with Crippen molar-refractivity contribution in [1.29, 1.82) is 0 Å². The van der Waals surface area contributed by atoms with Crippen molar-refractivity contribution < 1.29 is 14.2 Å². The van der Waals surface area contributed by atoms with Gasteiger partial charge in [-0.15, -0.1) is 0 Å². The molecule has 2 N–H and O–H groups in total. The van der Waals surface area contributed by atoms with E-state index in [1.54, 1.807) is 0 Å². The first-order chi connectivity index (χ1) is 20.3. The van der Waals surface area contributed by atoms with Gasteiger partial charge in [0.2, 0.25) is 0 Å². The van der Waals surface area contributed by atoms with E-state index in [1.807, 2.05) is 10.7 Å². The fourth-order valence-electron chi connectivity index (χ4n) is 6.85. The molecule has 0 spiro atoms. The van der Waals surface area contributed by atoms with Crippen molar-refractivity contribution in [2.75, 3.05) is 45.4 Å². The molecule has 216 valence electrons. The van der Waals surface area contributed by atoms with Crippen molar-refractivity contribution in [2.24, 2.45) is 0 Å². The van der Waals surface area contributed by atoms with Gasteiger partial charge in [-0.2, -0.15) is 10.2 Å². The number of hydrogen-bond acceptors (Lipinski definition) is 8. The zero-order valence-corrected chi connectivity index (χ0v) is 23.5. The molecule has 0 aliphatic carbocycles. The topological polar surface area (TPSA) is 105 Å². The second kappa shape index (κ2) is 11.9. The Labute approximate surface area is 240 Å². The number of hydrogen-bond donors (Lipinski definition) is 1. The lowest BCUT2D eigenvalue weighted by atomic mass is 9.98. The zero-order chi connectivity index (χ0) is 27.6. The number of anilines is 1. The molecule has 10 heteroatoms. The second-order valence-electron chi connectivity index (χ2n) is 11.4. The quantitative estimate of drug-likeness (QED) is 0.358. The summed E-state index contributed by atoms with van der Waals surface area (Å²) >= 11 is 0. The maximum absolute atomic E-state index is 6.50. The lowest BCUT2D eigenvalue weighted by molar-refractivity contribution is -0.0228. The monoisotopic (exact) mass is 557 g/mol. The summed E-state index contributed by atoms with van der Waals surface area (Å²) in [6.07, 6.45) is 9.63. The highest BCUT2D eigenvalue weighted by molar-refractivity contribution is 5.90. The van der Waals surface area contributed by atoms with Gasteiger partial charge in [0.1, 0.15) is 11.8 Å². The Morgan fingerprint density at radius 2 is 1.49 bits per heavy atom. The molecule has 3 saturated heterocycles. The maximum Gasteiger partial charge on any atom is 0.152 e. The number of nitrogen functional groups attached to an aromatic ring is 1. The van der Waals surface area contributed by atoms with Gasteiger partial charge in [0, 0.05) is 75.6 Å². The zero-order valence-electron chi connectivity index (χ0n) is 23.5. The van der Waals surface area contributed by atoms with Crippen LogP contribution in [0.4, 0.5) is 5.82 Å². The van der Waals surface area contributed by atoms with Crippen LogP contribution in [0.15, 0.2) is 48.9 Å². The first-order valence-electron chi connectivity index (χ1n) is 15.0. The Morgan fingerprint density at radius 1 is 0.805 bits per heavy atom. The molecule has 1 aromatic carbocycles. The molecule has 0 atom stereocenters. The molecule has 10 nitrogen and oxygen atoms in total. The third kappa shape index (κ3) is 5.37. The summed E-state index contributed by atoms with van der Waals surface area (Å²) in [5.41, 5.74) is 12.7. The van der Waals surface area contributed by atoms with Gasteiger partial charge in [-0.25, -0.2) is 9.50 Å². The summed E-state index contributed by atoms with van der Waals surface area (Å²) in [5, 5.41) is 9.38. The van der Waals surface area contributed by atoms with Gasteiger partial charge in [0.15, 0.2) is 5.82 Å². The van der Waals surface area contributed by atoms with Gasteiger partial charge in [0.05, 0.1) is 17.4 Å². The molecule has 41 heavy (non-hydrogen) atoms. The molecule has 3 fully saturated rings. The van der Waals surface area contributed by atoms with Crippen LogP contribution in [0.25, 0.3) is 28.0 Å². The fraction of sp³-hybridized carbons (Fsp3) is 0.516. The van der Waals surface area contributed by atoms with E-state index in [2.05, 4.69) is 56.1 Å². The van der Waals surface area contributed by atoms with Crippen molar-refractivity contribution in [3.8, 4) is 22.5 Å². The van der Waals surface area contributed by atoms with E-state index in [0.717, 1.165) is 113 Å². The highest BCUT2D eigenvalue weighted by atomic mass is 16.5. The number of aromatic nitrogens is 5. The van der Waals surface area contributed by atoms with Gasteiger partial charge >= 0.3 is 0 Å². The largest absolute Gasteiger partial charge is 0.382 e.